The molecule has 0 aliphatic rings. The maximum Gasteiger partial charge on any atom is 0.407 e. The van der Waals surface area contributed by atoms with Crippen LogP contribution in [0.25, 0.3) is 0 Å². The average Bonchev–Trinajstić information content (AvgIpc) is 3.11. The summed E-state index contributed by atoms with van der Waals surface area (Å²) in [4.78, 5) is 50.0. The summed E-state index contributed by atoms with van der Waals surface area (Å²) in [6, 6.07) is 7.05. The molecule has 1 aromatic carbocycles. The van der Waals surface area contributed by atoms with Crippen molar-refractivity contribution in [2.45, 2.75) is 38.9 Å². The fourth-order valence-corrected chi connectivity index (χ4v) is 3.94. The maximum absolute atomic E-state index is 11.6. The van der Waals surface area contributed by atoms with Crippen molar-refractivity contribution in [3.63, 3.8) is 0 Å². The summed E-state index contributed by atoms with van der Waals surface area (Å²) < 4.78 is 0. The first-order valence-corrected chi connectivity index (χ1v) is 10.8. The summed E-state index contributed by atoms with van der Waals surface area (Å²) >= 11 is 1.35. The smallest absolute Gasteiger partial charge is 0.407 e. The lowest BCUT2D eigenvalue weighted by molar-refractivity contribution is -0.120. The minimum absolute atomic E-state index is 0.0772. The summed E-state index contributed by atoms with van der Waals surface area (Å²) in [5, 5.41) is 30.2. The van der Waals surface area contributed by atoms with E-state index in [4.69, 9.17) is 10.2 Å². The molecule has 0 unspecified atom stereocenters. The number of benzene rings is 1. The molecule has 12 nitrogen and oxygen atoms in total. The van der Waals surface area contributed by atoms with Crippen molar-refractivity contribution < 1.29 is 29.4 Å². The fraction of sp³-hybridized carbons (Fsp3) is 0.350. The number of carboxylic acid groups (broad SMARTS) is 2. The second kappa shape index (κ2) is 12.2. The Kier molecular flexibility index (Phi) is 9.42. The molecular formula is C20H26N6O6S. The Morgan fingerprint density at radius 3 is 2.18 bits per heavy atom. The highest BCUT2D eigenvalue weighted by Gasteiger charge is 2.15. The normalized spacial score (nSPS) is 10.4. The number of hydrogen-bond acceptors (Lipinski definition) is 7. The van der Waals surface area contributed by atoms with Gasteiger partial charge in [-0.25, -0.2) is 14.6 Å². The van der Waals surface area contributed by atoms with Crippen molar-refractivity contribution in [1.29, 1.82) is 0 Å². The molecule has 2 aromatic rings. The Labute approximate surface area is 193 Å². The predicted octanol–water partition coefficient (Wildman–Crippen LogP) is 1.80. The molecule has 0 spiro atoms. The molecule has 0 aliphatic heterocycles. The second-order valence-electron chi connectivity index (χ2n) is 6.92. The van der Waals surface area contributed by atoms with Gasteiger partial charge in [0.2, 0.25) is 11.8 Å². The van der Waals surface area contributed by atoms with E-state index in [-0.39, 0.29) is 11.8 Å². The molecule has 7 N–H and O–H groups in total. The zero-order chi connectivity index (χ0) is 24.4. The highest BCUT2D eigenvalue weighted by atomic mass is 32.1. The molecule has 0 atom stereocenters. The molecule has 13 heteroatoms. The zero-order valence-electron chi connectivity index (χ0n) is 18.1. The number of rotatable bonds is 11. The number of nitrogens with zero attached hydrogens (tertiary/aromatic N) is 1. The molecule has 178 valence electrons. The number of aromatic nitrogens is 1. The number of carbonyl (C=O) groups is 4. The molecule has 2 rings (SSSR count). The van der Waals surface area contributed by atoms with Crippen molar-refractivity contribution in [1.82, 2.24) is 20.9 Å². The molecule has 4 amide bonds. The van der Waals surface area contributed by atoms with E-state index in [1.807, 2.05) is 22.8 Å². The molecule has 0 radical (unpaired) electrons. The van der Waals surface area contributed by atoms with E-state index in [1.165, 1.54) is 18.3 Å². The van der Waals surface area contributed by atoms with Crippen LogP contribution in [0.1, 0.15) is 29.5 Å². The summed E-state index contributed by atoms with van der Waals surface area (Å²) in [5.41, 5.74) is 2.30. The fourth-order valence-electron chi connectivity index (χ4n) is 2.88. The van der Waals surface area contributed by atoms with E-state index >= 15 is 0 Å². The van der Waals surface area contributed by atoms with Gasteiger partial charge in [0, 0.05) is 31.0 Å². The Hall–Kier alpha value is -3.87. The van der Waals surface area contributed by atoms with Crippen LogP contribution >= 0.6 is 11.3 Å². The van der Waals surface area contributed by atoms with Gasteiger partial charge in [0.25, 0.3) is 0 Å². The SMILES string of the molecule is CNC(=O)CCc1sc(NC(C)=O)nc1CCc1ccc(NC(NC(=O)O)NC(=O)O)cc1. The molecule has 0 bridgehead atoms. The van der Waals surface area contributed by atoms with Gasteiger partial charge < -0.3 is 26.2 Å². The van der Waals surface area contributed by atoms with E-state index < -0.39 is 18.5 Å². The van der Waals surface area contributed by atoms with Crippen LogP contribution in [-0.4, -0.2) is 52.5 Å². The number of thiazole rings is 1. The average molecular weight is 479 g/mol. The molecule has 0 saturated heterocycles. The quantitative estimate of drug-likeness (QED) is 0.239. The lowest BCUT2D eigenvalue weighted by Crippen LogP contribution is -2.52. The predicted molar refractivity (Wildman–Crippen MR) is 122 cm³/mol. The van der Waals surface area contributed by atoms with E-state index in [2.05, 4.69) is 20.9 Å². The molecular weight excluding hydrogens is 452 g/mol. The largest absolute Gasteiger partial charge is 0.465 e. The van der Waals surface area contributed by atoms with Crippen molar-refractivity contribution >= 4 is 46.2 Å². The molecule has 0 aliphatic carbocycles. The monoisotopic (exact) mass is 478 g/mol. The van der Waals surface area contributed by atoms with Crippen LogP contribution in [0.15, 0.2) is 24.3 Å². The molecule has 1 heterocycles. The van der Waals surface area contributed by atoms with Gasteiger partial charge in [-0.15, -0.1) is 11.3 Å². The molecule has 0 fully saturated rings. The van der Waals surface area contributed by atoms with Gasteiger partial charge in [0.1, 0.15) is 0 Å². The minimum Gasteiger partial charge on any atom is -0.465 e. The number of nitrogens with one attached hydrogen (secondary N) is 5. The van der Waals surface area contributed by atoms with E-state index in [0.717, 1.165) is 16.1 Å². The van der Waals surface area contributed by atoms with Gasteiger partial charge in [0.15, 0.2) is 11.4 Å². The molecule has 1 aromatic heterocycles. The highest BCUT2D eigenvalue weighted by molar-refractivity contribution is 7.15. The van der Waals surface area contributed by atoms with Gasteiger partial charge in [-0.3, -0.25) is 20.2 Å². The van der Waals surface area contributed by atoms with Crippen molar-refractivity contribution in [2.24, 2.45) is 0 Å². The van der Waals surface area contributed by atoms with Crippen LogP contribution in [0, 0.1) is 0 Å². The van der Waals surface area contributed by atoms with Gasteiger partial charge in [-0.1, -0.05) is 12.1 Å². The zero-order valence-corrected chi connectivity index (χ0v) is 18.9. The maximum atomic E-state index is 11.6. The Balaban J connectivity index is 2.03. The summed E-state index contributed by atoms with van der Waals surface area (Å²) in [7, 11) is 1.58. The Morgan fingerprint density at radius 2 is 1.64 bits per heavy atom. The number of carbonyl (C=O) groups excluding carboxylic acids is 2. The minimum atomic E-state index is -1.38. The van der Waals surface area contributed by atoms with Crippen LogP contribution in [-0.2, 0) is 28.9 Å². The van der Waals surface area contributed by atoms with Crippen molar-refractivity contribution in [3.8, 4) is 0 Å². The summed E-state index contributed by atoms with van der Waals surface area (Å²) in [6.07, 6.45) is -1.91. The Bertz CT molecular complexity index is 977. The van der Waals surface area contributed by atoms with Gasteiger partial charge in [-0.2, -0.15) is 0 Å². The van der Waals surface area contributed by atoms with Crippen molar-refractivity contribution in [2.75, 3.05) is 17.7 Å². The second-order valence-corrected chi connectivity index (χ2v) is 8.00. The molecule has 0 saturated carbocycles. The Morgan fingerprint density at radius 1 is 1.00 bits per heavy atom. The number of anilines is 2. The third-order valence-corrected chi connectivity index (χ3v) is 5.44. The van der Waals surface area contributed by atoms with E-state index in [9.17, 15) is 19.2 Å². The van der Waals surface area contributed by atoms with Crippen LogP contribution in [0.5, 0.6) is 0 Å². The van der Waals surface area contributed by atoms with Crippen LogP contribution < -0.4 is 26.6 Å². The lowest BCUT2D eigenvalue weighted by Gasteiger charge is -2.19. The number of amides is 4. The first kappa shape index (κ1) is 25.4. The van der Waals surface area contributed by atoms with E-state index in [0.29, 0.717) is 36.5 Å². The summed E-state index contributed by atoms with van der Waals surface area (Å²) in [5.74, 6) is -0.295. The third kappa shape index (κ3) is 9.03. The first-order chi connectivity index (χ1) is 15.7. The van der Waals surface area contributed by atoms with Crippen molar-refractivity contribution in [3.05, 3.63) is 40.4 Å². The van der Waals surface area contributed by atoms with Crippen LogP contribution in [0.2, 0.25) is 0 Å². The number of aryl methyl sites for hydroxylation is 3. The third-order valence-electron chi connectivity index (χ3n) is 4.37. The van der Waals surface area contributed by atoms with Crippen LogP contribution in [0.4, 0.5) is 20.4 Å². The standard InChI is InChI=1S/C20H26N6O6S/c1-11(27)22-18-24-14(15(33-18)9-10-16(28)21-2)8-5-12-3-6-13(7-4-12)23-17(25-19(29)30)26-20(31)32/h3-4,6-7,17,23,25-26H,5,8-10H2,1-2H3,(H,21,28)(H,29,30)(H,31,32)(H,22,24,27). The van der Waals surface area contributed by atoms with Crippen LogP contribution in [0.3, 0.4) is 0 Å². The first-order valence-electron chi connectivity index (χ1n) is 9.97. The van der Waals surface area contributed by atoms with Gasteiger partial charge in [-0.05, 0) is 37.0 Å². The highest BCUT2D eigenvalue weighted by Crippen LogP contribution is 2.26. The lowest BCUT2D eigenvalue weighted by atomic mass is 10.1. The topological polar surface area (TPSA) is 182 Å². The molecule has 33 heavy (non-hydrogen) atoms. The van der Waals surface area contributed by atoms with Gasteiger partial charge in [0.05, 0.1) is 5.69 Å². The van der Waals surface area contributed by atoms with E-state index in [1.54, 1.807) is 19.2 Å². The summed E-state index contributed by atoms with van der Waals surface area (Å²) in [6.45, 7) is 1.41. The van der Waals surface area contributed by atoms with Gasteiger partial charge >= 0.3 is 12.2 Å². The number of hydrogen-bond donors (Lipinski definition) is 7.